The van der Waals surface area contributed by atoms with E-state index in [1.807, 2.05) is 26.8 Å². The normalized spacial score (nSPS) is 17.9. The first-order chi connectivity index (χ1) is 10.7. The number of piperidine rings is 1. The number of amides is 1. The van der Waals surface area contributed by atoms with E-state index in [4.69, 9.17) is 9.47 Å². The lowest BCUT2D eigenvalue weighted by atomic mass is 9.85. The molecule has 1 aliphatic rings. The minimum atomic E-state index is -0.492. The number of carbonyl (C=O) groups excluding carboxylic acids is 1. The maximum atomic E-state index is 13.4. The minimum Gasteiger partial charge on any atom is -0.444 e. The van der Waals surface area contributed by atoms with Gasteiger partial charge in [0.15, 0.2) is 0 Å². The predicted molar refractivity (Wildman–Crippen MR) is 86.9 cm³/mol. The molecule has 0 aliphatic carbocycles. The molecule has 2 rings (SSSR count). The van der Waals surface area contributed by atoms with Gasteiger partial charge in [0, 0.05) is 26.6 Å². The Bertz CT molecular complexity index is 545. The van der Waals surface area contributed by atoms with Gasteiger partial charge in [-0.25, -0.2) is 9.18 Å². The molecule has 23 heavy (non-hydrogen) atoms. The summed E-state index contributed by atoms with van der Waals surface area (Å²) in [5.74, 6) is -0.236. The van der Waals surface area contributed by atoms with Crippen LogP contribution in [0.5, 0.6) is 0 Å². The smallest absolute Gasteiger partial charge is 0.410 e. The van der Waals surface area contributed by atoms with Crippen LogP contribution in [0, 0.1) is 5.82 Å². The molecule has 0 N–H and O–H groups in total. The number of ether oxygens (including phenoxy) is 2. The second-order valence-corrected chi connectivity index (χ2v) is 7.16. The van der Waals surface area contributed by atoms with Gasteiger partial charge < -0.3 is 14.4 Å². The van der Waals surface area contributed by atoms with E-state index in [1.165, 1.54) is 6.07 Å². The first-order valence-electron chi connectivity index (χ1n) is 8.01. The first kappa shape index (κ1) is 17.7. The molecule has 0 radical (unpaired) electrons. The molecule has 0 spiro atoms. The third-order valence-corrected chi connectivity index (χ3v) is 4.17. The molecule has 1 amide bonds. The van der Waals surface area contributed by atoms with Crippen molar-refractivity contribution in [2.45, 2.75) is 51.2 Å². The quantitative estimate of drug-likeness (QED) is 0.849. The molecule has 1 aromatic rings. The molecule has 0 bridgehead atoms. The number of nitrogens with zero attached hydrogens (tertiary/aromatic N) is 1. The second-order valence-electron chi connectivity index (χ2n) is 7.16. The molecule has 0 saturated carbocycles. The summed E-state index contributed by atoms with van der Waals surface area (Å²) in [6.45, 7) is 6.74. The first-order valence-corrected chi connectivity index (χ1v) is 8.01. The molecular weight excluding hydrogens is 297 g/mol. The van der Waals surface area contributed by atoms with Crippen molar-refractivity contribution in [2.75, 3.05) is 20.2 Å². The predicted octanol–water partition coefficient (Wildman–Crippen LogP) is 3.78. The molecular formula is C18H26FNO3. The van der Waals surface area contributed by atoms with E-state index in [0.29, 0.717) is 32.4 Å². The van der Waals surface area contributed by atoms with Crippen LogP contribution in [0.4, 0.5) is 9.18 Å². The Balaban J connectivity index is 1.98. The lowest BCUT2D eigenvalue weighted by Gasteiger charge is -2.41. The minimum absolute atomic E-state index is 0.236. The van der Waals surface area contributed by atoms with Crippen molar-refractivity contribution in [3.8, 4) is 0 Å². The Morgan fingerprint density at radius 2 is 1.96 bits per heavy atom. The van der Waals surface area contributed by atoms with Crippen molar-refractivity contribution < 1.29 is 18.7 Å². The van der Waals surface area contributed by atoms with E-state index >= 15 is 0 Å². The topological polar surface area (TPSA) is 38.8 Å². The average molecular weight is 323 g/mol. The van der Waals surface area contributed by atoms with Crippen LogP contribution in [-0.2, 0) is 15.9 Å². The Morgan fingerprint density at radius 3 is 2.48 bits per heavy atom. The number of carbonyl (C=O) groups is 1. The largest absolute Gasteiger partial charge is 0.444 e. The summed E-state index contributed by atoms with van der Waals surface area (Å²) in [6, 6.07) is 6.60. The molecule has 5 heteroatoms. The fourth-order valence-electron chi connectivity index (χ4n) is 2.90. The van der Waals surface area contributed by atoms with Crippen LogP contribution in [0.3, 0.4) is 0 Å². The third kappa shape index (κ3) is 4.93. The number of likely N-dealkylation sites (tertiary alicyclic amines) is 1. The van der Waals surface area contributed by atoms with Crippen LogP contribution in [0.1, 0.15) is 39.2 Å². The van der Waals surface area contributed by atoms with Gasteiger partial charge in [0.05, 0.1) is 5.60 Å². The zero-order valence-electron chi connectivity index (χ0n) is 14.4. The number of rotatable bonds is 3. The molecule has 0 atom stereocenters. The summed E-state index contributed by atoms with van der Waals surface area (Å²) in [5, 5.41) is 0. The van der Waals surface area contributed by atoms with Crippen molar-refractivity contribution in [3.63, 3.8) is 0 Å². The summed E-state index contributed by atoms with van der Waals surface area (Å²) in [6.07, 6.45) is 1.77. The zero-order valence-corrected chi connectivity index (χ0v) is 14.4. The molecule has 1 fully saturated rings. The van der Waals surface area contributed by atoms with E-state index < -0.39 is 5.60 Å². The van der Waals surface area contributed by atoms with Crippen LogP contribution >= 0.6 is 0 Å². The SMILES string of the molecule is COC1(Cc2cccc(F)c2)CCN(C(=O)OC(C)(C)C)CC1. The van der Waals surface area contributed by atoms with Crippen LogP contribution in [-0.4, -0.2) is 42.4 Å². The maximum absolute atomic E-state index is 13.4. The molecule has 1 aliphatic heterocycles. The molecule has 0 aromatic heterocycles. The number of benzene rings is 1. The maximum Gasteiger partial charge on any atom is 0.410 e. The second kappa shape index (κ2) is 6.87. The summed E-state index contributed by atoms with van der Waals surface area (Å²) in [5.41, 5.74) is 0.0679. The van der Waals surface area contributed by atoms with Crippen molar-refractivity contribution >= 4 is 6.09 Å². The van der Waals surface area contributed by atoms with Gasteiger partial charge in [0.1, 0.15) is 11.4 Å². The van der Waals surface area contributed by atoms with Crippen LogP contribution in [0.2, 0.25) is 0 Å². The van der Waals surface area contributed by atoms with Gasteiger partial charge in [-0.1, -0.05) is 12.1 Å². The van der Waals surface area contributed by atoms with Gasteiger partial charge >= 0.3 is 6.09 Å². The highest BCUT2D eigenvalue weighted by atomic mass is 19.1. The number of methoxy groups -OCH3 is 1. The monoisotopic (exact) mass is 323 g/mol. The van der Waals surface area contributed by atoms with Gasteiger partial charge in [0.25, 0.3) is 0 Å². The van der Waals surface area contributed by atoms with E-state index in [9.17, 15) is 9.18 Å². The Hall–Kier alpha value is -1.62. The fraction of sp³-hybridized carbons (Fsp3) is 0.611. The third-order valence-electron chi connectivity index (χ3n) is 4.17. The van der Waals surface area contributed by atoms with E-state index in [2.05, 4.69) is 0 Å². The van der Waals surface area contributed by atoms with E-state index in [0.717, 1.165) is 5.56 Å². The molecule has 0 unspecified atom stereocenters. The fourth-order valence-corrected chi connectivity index (χ4v) is 2.90. The highest BCUT2D eigenvalue weighted by Crippen LogP contribution is 2.30. The molecule has 1 heterocycles. The summed E-state index contributed by atoms with van der Waals surface area (Å²) >= 11 is 0. The molecule has 4 nitrogen and oxygen atoms in total. The van der Waals surface area contributed by atoms with Gasteiger partial charge in [-0.05, 0) is 51.3 Å². The highest BCUT2D eigenvalue weighted by Gasteiger charge is 2.37. The lowest BCUT2D eigenvalue weighted by Crippen LogP contribution is -2.49. The van der Waals surface area contributed by atoms with Crippen molar-refractivity contribution in [1.29, 1.82) is 0 Å². The standard InChI is InChI=1S/C18H26FNO3/c1-17(2,3)23-16(21)20-10-8-18(22-4,9-11-20)13-14-6-5-7-15(19)12-14/h5-7,12H,8-11,13H2,1-4H3. The van der Waals surface area contributed by atoms with Gasteiger partial charge in [0.2, 0.25) is 0 Å². The van der Waals surface area contributed by atoms with Crippen molar-refractivity contribution in [2.24, 2.45) is 0 Å². The van der Waals surface area contributed by atoms with Crippen molar-refractivity contribution in [1.82, 2.24) is 4.90 Å². The molecule has 1 saturated heterocycles. The Kier molecular flexibility index (Phi) is 5.30. The number of halogens is 1. The Labute approximate surface area is 137 Å². The lowest BCUT2D eigenvalue weighted by molar-refractivity contribution is -0.0597. The summed E-state index contributed by atoms with van der Waals surface area (Å²) in [4.78, 5) is 13.8. The van der Waals surface area contributed by atoms with E-state index in [1.54, 1.807) is 24.1 Å². The summed E-state index contributed by atoms with van der Waals surface area (Å²) < 4.78 is 24.5. The van der Waals surface area contributed by atoms with Gasteiger partial charge in [-0.3, -0.25) is 0 Å². The van der Waals surface area contributed by atoms with E-state index in [-0.39, 0.29) is 17.5 Å². The van der Waals surface area contributed by atoms with Crippen molar-refractivity contribution in [3.05, 3.63) is 35.6 Å². The van der Waals surface area contributed by atoms with Gasteiger partial charge in [-0.2, -0.15) is 0 Å². The Morgan fingerprint density at radius 1 is 1.30 bits per heavy atom. The average Bonchev–Trinajstić information content (AvgIpc) is 2.46. The van der Waals surface area contributed by atoms with Crippen LogP contribution in [0.15, 0.2) is 24.3 Å². The number of hydrogen-bond acceptors (Lipinski definition) is 3. The van der Waals surface area contributed by atoms with Crippen LogP contribution in [0.25, 0.3) is 0 Å². The zero-order chi connectivity index (χ0) is 17.1. The molecule has 1 aromatic carbocycles. The highest BCUT2D eigenvalue weighted by molar-refractivity contribution is 5.68. The summed E-state index contributed by atoms with van der Waals surface area (Å²) in [7, 11) is 1.68. The van der Waals surface area contributed by atoms with Crippen LogP contribution < -0.4 is 0 Å². The van der Waals surface area contributed by atoms with Gasteiger partial charge in [-0.15, -0.1) is 0 Å². The molecule has 128 valence electrons. The number of hydrogen-bond donors (Lipinski definition) is 0.